The number of rotatable bonds is 3. The molecule has 0 aliphatic carbocycles. The standard InChI is InChI=1S/C15H15N3O3/c1-8-12(9(2)21-17-8)7-18-10(3)16-13-6-11(15(19)20)4-5-14(13)18/h4-6H,7H2,1-3H3,(H,19,20). The van der Waals surface area contributed by atoms with Crippen molar-refractivity contribution >= 4 is 17.0 Å². The number of aromatic carboxylic acids is 1. The van der Waals surface area contributed by atoms with Gasteiger partial charge in [-0.1, -0.05) is 5.16 Å². The number of carboxylic acids is 1. The number of nitrogens with zero attached hydrogens (tertiary/aromatic N) is 3. The lowest BCUT2D eigenvalue weighted by Crippen LogP contribution is -2.04. The number of carboxylic acid groups (broad SMARTS) is 1. The highest BCUT2D eigenvalue weighted by molar-refractivity contribution is 5.92. The second-order valence-electron chi connectivity index (χ2n) is 5.06. The van der Waals surface area contributed by atoms with Crippen molar-refractivity contribution in [1.82, 2.24) is 14.7 Å². The predicted octanol–water partition coefficient (Wildman–Crippen LogP) is 2.70. The maximum absolute atomic E-state index is 11.0. The summed E-state index contributed by atoms with van der Waals surface area (Å²) in [5, 5.41) is 13.0. The van der Waals surface area contributed by atoms with Crippen molar-refractivity contribution in [2.24, 2.45) is 0 Å². The third-order valence-corrected chi connectivity index (χ3v) is 3.68. The van der Waals surface area contributed by atoms with E-state index >= 15 is 0 Å². The first-order valence-electron chi connectivity index (χ1n) is 6.59. The minimum Gasteiger partial charge on any atom is -0.478 e. The van der Waals surface area contributed by atoms with E-state index in [0.29, 0.717) is 12.1 Å². The van der Waals surface area contributed by atoms with Gasteiger partial charge in [-0.15, -0.1) is 0 Å². The smallest absolute Gasteiger partial charge is 0.335 e. The summed E-state index contributed by atoms with van der Waals surface area (Å²) in [6.45, 7) is 6.30. The van der Waals surface area contributed by atoms with Crippen molar-refractivity contribution in [1.29, 1.82) is 0 Å². The second kappa shape index (κ2) is 4.73. The van der Waals surface area contributed by atoms with Gasteiger partial charge in [0.15, 0.2) is 0 Å². The molecule has 3 aromatic rings. The summed E-state index contributed by atoms with van der Waals surface area (Å²) in [5.74, 6) is 0.665. The van der Waals surface area contributed by atoms with Crippen LogP contribution < -0.4 is 0 Å². The van der Waals surface area contributed by atoms with Crippen LogP contribution in [0.1, 0.15) is 33.2 Å². The average molecular weight is 285 g/mol. The number of carbonyl (C=O) groups is 1. The lowest BCUT2D eigenvalue weighted by atomic mass is 10.2. The van der Waals surface area contributed by atoms with Crippen LogP contribution >= 0.6 is 0 Å². The fourth-order valence-corrected chi connectivity index (χ4v) is 2.47. The first-order chi connectivity index (χ1) is 9.97. The summed E-state index contributed by atoms with van der Waals surface area (Å²) in [7, 11) is 0. The Balaban J connectivity index is 2.11. The second-order valence-corrected chi connectivity index (χ2v) is 5.06. The van der Waals surface area contributed by atoms with E-state index in [4.69, 9.17) is 9.63 Å². The van der Waals surface area contributed by atoms with Crippen molar-refractivity contribution in [3.63, 3.8) is 0 Å². The van der Waals surface area contributed by atoms with E-state index in [2.05, 4.69) is 10.1 Å². The van der Waals surface area contributed by atoms with Gasteiger partial charge in [-0.25, -0.2) is 9.78 Å². The van der Waals surface area contributed by atoms with E-state index in [0.717, 1.165) is 28.4 Å². The van der Waals surface area contributed by atoms with Crippen LogP contribution in [0.5, 0.6) is 0 Å². The monoisotopic (exact) mass is 285 g/mol. The van der Waals surface area contributed by atoms with E-state index in [1.807, 2.05) is 25.3 Å². The number of aromatic nitrogens is 3. The molecule has 0 aliphatic rings. The molecule has 0 saturated heterocycles. The molecule has 0 fully saturated rings. The topological polar surface area (TPSA) is 81.2 Å². The third kappa shape index (κ3) is 2.18. The maximum Gasteiger partial charge on any atom is 0.335 e. The molecule has 6 heteroatoms. The highest BCUT2D eigenvalue weighted by Gasteiger charge is 2.15. The Morgan fingerprint density at radius 2 is 2.10 bits per heavy atom. The molecular formula is C15H15N3O3. The molecule has 0 unspecified atom stereocenters. The Hall–Kier alpha value is -2.63. The third-order valence-electron chi connectivity index (χ3n) is 3.68. The van der Waals surface area contributed by atoms with Gasteiger partial charge < -0.3 is 14.2 Å². The Morgan fingerprint density at radius 1 is 1.33 bits per heavy atom. The average Bonchev–Trinajstić information content (AvgIpc) is 2.92. The molecule has 0 radical (unpaired) electrons. The van der Waals surface area contributed by atoms with Gasteiger partial charge in [0.25, 0.3) is 0 Å². The zero-order valence-electron chi connectivity index (χ0n) is 12.0. The van der Waals surface area contributed by atoms with Crippen LogP contribution in [0.3, 0.4) is 0 Å². The lowest BCUT2D eigenvalue weighted by molar-refractivity contribution is 0.0697. The Morgan fingerprint density at radius 3 is 2.71 bits per heavy atom. The number of imidazole rings is 1. The molecule has 6 nitrogen and oxygen atoms in total. The van der Waals surface area contributed by atoms with Gasteiger partial charge in [-0.2, -0.15) is 0 Å². The number of hydrogen-bond acceptors (Lipinski definition) is 4. The van der Waals surface area contributed by atoms with E-state index in [1.54, 1.807) is 18.2 Å². The zero-order chi connectivity index (χ0) is 15.1. The first kappa shape index (κ1) is 13.4. The summed E-state index contributed by atoms with van der Waals surface area (Å²) in [5.41, 5.74) is 3.71. The highest BCUT2D eigenvalue weighted by Crippen LogP contribution is 2.21. The predicted molar refractivity (Wildman–Crippen MR) is 76.5 cm³/mol. The molecule has 0 spiro atoms. The molecule has 1 aromatic carbocycles. The van der Waals surface area contributed by atoms with Gasteiger partial charge in [0.1, 0.15) is 11.6 Å². The van der Waals surface area contributed by atoms with Gasteiger partial charge in [-0.3, -0.25) is 0 Å². The van der Waals surface area contributed by atoms with Crippen molar-refractivity contribution in [2.45, 2.75) is 27.3 Å². The quantitative estimate of drug-likeness (QED) is 0.800. The molecule has 2 aromatic heterocycles. The van der Waals surface area contributed by atoms with Crippen LogP contribution in [0.25, 0.3) is 11.0 Å². The van der Waals surface area contributed by atoms with E-state index in [1.165, 1.54) is 0 Å². The first-order valence-corrected chi connectivity index (χ1v) is 6.59. The van der Waals surface area contributed by atoms with E-state index in [-0.39, 0.29) is 5.56 Å². The molecule has 2 heterocycles. The van der Waals surface area contributed by atoms with Crippen molar-refractivity contribution in [3.05, 3.63) is 46.6 Å². The number of fused-ring (bicyclic) bond motifs is 1. The summed E-state index contributed by atoms with van der Waals surface area (Å²) in [6.07, 6.45) is 0. The highest BCUT2D eigenvalue weighted by atomic mass is 16.5. The Kier molecular flexibility index (Phi) is 3.01. The van der Waals surface area contributed by atoms with E-state index < -0.39 is 5.97 Å². The molecule has 1 N–H and O–H groups in total. The number of hydrogen-bond donors (Lipinski definition) is 1. The van der Waals surface area contributed by atoms with Crippen LogP contribution in [0.4, 0.5) is 0 Å². The van der Waals surface area contributed by atoms with Crippen molar-refractivity contribution < 1.29 is 14.4 Å². The van der Waals surface area contributed by atoms with Gasteiger partial charge in [-0.05, 0) is 39.0 Å². The van der Waals surface area contributed by atoms with Crippen LogP contribution in [0.15, 0.2) is 22.7 Å². The van der Waals surface area contributed by atoms with Crippen molar-refractivity contribution in [3.8, 4) is 0 Å². The van der Waals surface area contributed by atoms with Crippen LogP contribution in [-0.4, -0.2) is 25.8 Å². The molecule has 3 rings (SSSR count). The van der Waals surface area contributed by atoms with Gasteiger partial charge in [0, 0.05) is 5.56 Å². The Bertz CT molecular complexity index is 826. The molecule has 21 heavy (non-hydrogen) atoms. The fraction of sp³-hybridized carbons (Fsp3) is 0.267. The summed E-state index contributed by atoms with van der Waals surface area (Å²) < 4.78 is 7.22. The van der Waals surface area contributed by atoms with E-state index in [9.17, 15) is 4.79 Å². The molecular weight excluding hydrogens is 270 g/mol. The molecule has 0 aliphatic heterocycles. The zero-order valence-corrected chi connectivity index (χ0v) is 12.0. The molecule has 0 saturated carbocycles. The van der Waals surface area contributed by atoms with Crippen LogP contribution in [0.2, 0.25) is 0 Å². The van der Waals surface area contributed by atoms with Gasteiger partial charge in [0.2, 0.25) is 0 Å². The molecule has 0 atom stereocenters. The summed E-state index contributed by atoms with van der Waals surface area (Å²) in [4.78, 5) is 15.5. The van der Waals surface area contributed by atoms with Crippen molar-refractivity contribution in [2.75, 3.05) is 0 Å². The minimum absolute atomic E-state index is 0.240. The number of benzene rings is 1. The number of aryl methyl sites for hydroxylation is 3. The Labute approximate surface area is 121 Å². The van der Waals surface area contributed by atoms with Gasteiger partial charge >= 0.3 is 5.97 Å². The maximum atomic E-state index is 11.0. The van der Waals surface area contributed by atoms with Crippen LogP contribution in [-0.2, 0) is 6.54 Å². The summed E-state index contributed by atoms with van der Waals surface area (Å²) in [6, 6.07) is 4.97. The van der Waals surface area contributed by atoms with Crippen LogP contribution in [0, 0.1) is 20.8 Å². The lowest BCUT2D eigenvalue weighted by Gasteiger charge is -2.06. The molecule has 0 amide bonds. The SMILES string of the molecule is Cc1noc(C)c1Cn1c(C)nc2cc(C(=O)O)ccc21. The molecule has 0 bridgehead atoms. The normalized spacial score (nSPS) is 11.2. The fourth-order valence-electron chi connectivity index (χ4n) is 2.47. The largest absolute Gasteiger partial charge is 0.478 e. The van der Waals surface area contributed by atoms with Gasteiger partial charge in [0.05, 0.1) is 28.8 Å². The summed E-state index contributed by atoms with van der Waals surface area (Å²) >= 11 is 0. The minimum atomic E-state index is -0.949. The molecule has 108 valence electrons.